The summed E-state index contributed by atoms with van der Waals surface area (Å²) in [5.41, 5.74) is 4.07. The van der Waals surface area contributed by atoms with Crippen LogP contribution >= 0.6 is 0 Å². The molecule has 0 fully saturated rings. The number of para-hydroxylation sites is 1. The summed E-state index contributed by atoms with van der Waals surface area (Å²) in [5.74, 6) is 0.614. The summed E-state index contributed by atoms with van der Waals surface area (Å²) in [4.78, 5) is 12.1. The SMILES string of the molecule is C[C@@H](NC(=O)COc1ccccc1)c1ccc2c(c1)CCCC2. The van der Waals surface area contributed by atoms with E-state index >= 15 is 0 Å². The van der Waals surface area contributed by atoms with Crippen LogP contribution in [0.15, 0.2) is 48.5 Å². The van der Waals surface area contributed by atoms with Crippen LogP contribution in [-0.2, 0) is 17.6 Å². The van der Waals surface area contributed by atoms with Crippen LogP contribution in [0, 0.1) is 0 Å². The van der Waals surface area contributed by atoms with Crippen LogP contribution in [0.5, 0.6) is 5.75 Å². The summed E-state index contributed by atoms with van der Waals surface area (Å²) >= 11 is 0. The number of nitrogens with one attached hydrogen (secondary N) is 1. The fourth-order valence-electron chi connectivity index (χ4n) is 3.05. The summed E-state index contributed by atoms with van der Waals surface area (Å²) < 4.78 is 5.48. The van der Waals surface area contributed by atoms with Crippen molar-refractivity contribution in [3.05, 3.63) is 65.2 Å². The number of amides is 1. The number of ether oxygens (including phenoxy) is 1. The molecule has 0 spiro atoms. The lowest BCUT2D eigenvalue weighted by Gasteiger charge is -2.20. The molecule has 3 heteroatoms. The smallest absolute Gasteiger partial charge is 0.258 e. The van der Waals surface area contributed by atoms with Crippen LogP contribution in [0.1, 0.15) is 42.5 Å². The van der Waals surface area contributed by atoms with Crippen molar-refractivity contribution >= 4 is 5.91 Å². The summed E-state index contributed by atoms with van der Waals surface area (Å²) in [5, 5.41) is 3.01. The molecule has 2 aromatic carbocycles. The molecule has 23 heavy (non-hydrogen) atoms. The topological polar surface area (TPSA) is 38.3 Å². The van der Waals surface area contributed by atoms with E-state index in [0.717, 1.165) is 6.42 Å². The van der Waals surface area contributed by atoms with Gasteiger partial charge in [-0.3, -0.25) is 4.79 Å². The lowest BCUT2D eigenvalue weighted by Crippen LogP contribution is -2.31. The quantitative estimate of drug-likeness (QED) is 0.912. The summed E-state index contributed by atoms with van der Waals surface area (Å²) in [7, 11) is 0. The Labute approximate surface area is 137 Å². The van der Waals surface area contributed by atoms with Crippen LogP contribution in [0.2, 0.25) is 0 Å². The number of carbonyl (C=O) groups excluding carboxylic acids is 1. The van der Waals surface area contributed by atoms with Gasteiger partial charge >= 0.3 is 0 Å². The van der Waals surface area contributed by atoms with Crippen LogP contribution in [-0.4, -0.2) is 12.5 Å². The first-order valence-electron chi connectivity index (χ1n) is 8.31. The molecule has 1 aliphatic carbocycles. The largest absolute Gasteiger partial charge is 0.484 e. The van der Waals surface area contributed by atoms with Crippen molar-refractivity contribution in [3.63, 3.8) is 0 Å². The minimum Gasteiger partial charge on any atom is -0.484 e. The van der Waals surface area contributed by atoms with E-state index in [2.05, 4.69) is 23.5 Å². The third-order valence-corrected chi connectivity index (χ3v) is 4.36. The van der Waals surface area contributed by atoms with Crippen molar-refractivity contribution in [2.45, 2.75) is 38.6 Å². The lowest BCUT2D eigenvalue weighted by molar-refractivity contribution is -0.123. The second-order valence-electron chi connectivity index (χ2n) is 6.13. The highest BCUT2D eigenvalue weighted by Gasteiger charge is 2.14. The van der Waals surface area contributed by atoms with Gasteiger partial charge in [0.15, 0.2) is 6.61 Å². The predicted molar refractivity (Wildman–Crippen MR) is 91.6 cm³/mol. The standard InChI is InChI=1S/C20H23NO2/c1-15(17-12-11-16-7-5-6-8-18(16)13-17)21-20(22)14-23-19-9-3-2-4-10-19/h2-4,9-13,15H,5-8,14H2,1H3,(H,21,22)/t15-/m1/s1. The molecule has 1 amide bonds. The summed E-state index contributed by atoms with van der Waals surface area (Å²) in [6.07, 6.45) is 4.89. The van der Waals surface area contributed by atoms with Crippen molar-refractivity contribution in [3.8, 4) is 5.75 Å². The highest BCUT2D eigenvalue weighted by Crippen LogP contribution is 2.24. The predicted octanol–water partition coefficient (Wildman–Crippen LogP) is 3.82. The molecule has 0 aromatic heterocycles. The Morgan fingerprint density at radius 2 is 1.83 bits per heavy atom. The van der Waals surface area contributed by atoms with Gasteiger partial charge in [-0.05, 0) is 61.4 Å². The minimum atomic E-state index is -0.0981. The molecule has 1 N–H and O–H groups in total. The first kappa shape index (κ1) is 15.6. The maximum atomic E-state index is 12.1. The Bertz CT molecular complexity index is 667. The second kappa shape index (κ2) is 7.32. The number of fused-ring (bicyclic) bond motifs is 1. The fourth-order valence-corrected chi connectivity index (χ4v) is 3.05. The molecular formula is C20H23NO2. The van der Waals surface area contributed by atoms with Crippen molar-refractivity contribution in [1.82, 2.24) is 5.32 Å². The van der Waals surface area contributed by atoms with E-state index in [0.29, 0.717) is 5.75 Å². The van der Waals surface area contributed by atoms with Gasteiger partial charge in [0, 0.05) is 0 Å². The minimum absolute atomic E-state index is 0.00546. The van der Waals surface area contributed by atoms with Gasteiger partial charge in [-0.1, -0.05) is 36.4 Å². The first-order valence-corrected chi connectivity index (χ1v) is 8.31. The molecule has 120 valence electrons. The van der Waals surface area contributed by atoms with Crippen LogP contribution in [0.3, 0.4) is 0 Å². The van der Waals surface area contributed by atoms with Gasteiger partial charge in [0.1, 0.15) is 5.75 Å². The highest BCUT2D eigenvalue weighted by atomic mass is 16.5. The van der Waals surface area contributed by atoms with Crippen LogP contribution < -0.4 is 10.1 Å². The first-order chi connectivity index (χ1) is 11.2. The van der Waals surface area contributed by atoms with E-state index in [4.69, 9.17) is 4.74 Å². The average molecular weight is 309 g/mol. The van der Waals surface area contributed by atoms with Crippen LogP contribution in [0.4, 0.5) is 0 Å². The molecule has 0 saturated carbocycles. The molecule has 0 unspecified atom stereocenters. The van der Waals surface area contributed by atoms with Crippen molar-refractivity contribution in [2.75, 3.05) is 6.61 Å². The molecule has 3 nitrogen and oxygen atoms in total. The van der Waals surface area contributed by atoms with Gasteiger partial charge in [-0.15, -0.1) is 0 Å². The van der Waals surface area contributed by atoms with Gasteiger partial charge in [-0.2, -0.15) is 0 Å². The molecule has 0 saturated heterocycles. The van der Waals surface area contributed by atoms with E-state index in [1.165, 1.54) is 36.0 Å². The average Bonchev–Trinajstić information content (AvgIpc) is 2.60. The Kier molecular flexibility index (Phi) is 4.96. The summed E-state index contributed by atoms with van der Waals surface area (Å²) in [6.45, 7) is 2.06. The Balaban J connectivity index is 1.56. The van der Waals surface area contributed by atoms with E-state index in [-0.39, 0.29) is 18.6 Å². The van der Waals surface area contributed by atoms with E-state index in [9.17, 15) is 4.79 Å². The van der Waals surface area contributed by atoms with Crippen LogP contribution in [0.25, 0.3) is 0 Å². The highest BCUT2D eigenvalue weighted by molar-refractivity contribution is 5.78. The van der Waals surface area contributed by atoms with Gasteiger partial charge in [0.25, 0.3) is 5.91 Å². The van der Waals surface area contributed by atoms with Gasteiger partial charge in [0.05, 0.1) is 6.04 Å². The van der Waals surface area contributed by atoms with Crippen molar-refractivity contribution in [1.29, 1.82) is 0 Å². The number of hydrogen-bond acceptors (Lipinski definition) is 2. The third-order valence-electron chi connectivity index (χ3n) is 4.36. The molecular weight excluding hydrogens is 286 g/mol. The lowest BCUT2D eigenvalue weighted by atomic mass is 9.89. The molecule has 0 bridgehead atoms. The maximum Gasteiger partial charge on any atom is 0.258 e. The third kappa shape index (κ3) is 4.13. The monoisotopic (exact) mass is 309 g/mol. The van der Waals surface area contributed by atoms with Gasteiger partial charge in [-0.25, -0.2) is 0 Å². The van der Waals surface area contributed by atoms with Crippen molar-refractivity contribution < 1.29 is 9.53 Å². The number of aryl methyl sites for hydroxylation is 2. The molecule has 0 heterocycles. The maximum absolute atomic E-state index is 12.1. The molecule has 3 rings (SSSR count). The number of benzene rings is 2. The van der Waals surface area contributed by atoms with Gasteiger partial charge < -0.3 is 10.1 Å². The second-order valence-corrected chi connectivity index (χ2v) is 6.13. The zero-order chi connectivity index (χ0) is 16.1. The fraction of sp³-hybridized carbons (Fsp3) is 0.350. The van der Waals surface area contributed by atoms with E-state index in [1.807, 2.05) is 37.3 Å². The number of rotatable bonds is 5. The number of hydrogen-bond donors (Lipinski definition) is 1. The van der Waals surface area contributed by atoms with E-state index < -0.39 is 0 Å². The molecule has 2 aromatic rings. The molecule has 1 atom stereocenters. The zero-order valence-corrected chi connectivity index (χ0v) is 13.5. The zero-order valence-electron chi connectivity index (χ0n) is 13.5. The molecule has 0 aliphatic heterocycles. The number of carbonyl (C=O) groups is 1. The van der Waals surface area contributed by atoms with E-state index in [1.54, 1.807) is 0 Å². The Hall–Kier alpha value is -2.29. The van der Waals surface area contributed by atoms with Gasteiger partial charge in [0.2, 0.25) is 0 Å². The summed E-state index contributed by atoms with van der Waals surface area (Å²) in [6, 6.07) is 16.0. The molecule has 1 aliphatic rings. The molecule has 0 radical (unpaired) electrons. The Morgan fingerprint density at radius 1 is 1.09 bits per heavy atom. The normalized spacial score (nSPS) is 14.7. The Morgan fingerprint density at radius 3 is 2.61 bits per heavy atom. The van der Waals surface area contributed by atoms with Crippen molar-refractivity contribution in [2.24, 2.45) is 0 Å².